The lowest BCUT2D eigenvalue weighted by atomic mass is 10.1. The van der Waals surface area contributed by atoms with Gasteiger partial charge in [0.25, 0.3) is 0 Å². The highest BCUT2D eigenvalue weighted by atomic mass is 16.1. The largest absolute Gasteiger partial charge is 0.366 e. The SMILES string of the molecule is Cc1ccc(C(N)=O)cc1C#CCN. The van der Waals surface area contributed by atoms with Gasteiger partial charge in [-0.2, -0.15) is 0 Å². The van der Waals surface area contributed by atoms with E-state index in [1.807, 2.05) is 13.0 Å². The fourth-order valence-electron chi connectivity index (χ4n) is 1.06. The molecule has 1 aromatic carbocycles. The van der Waals surface area contributed by atoms with Gasteiger partial charge in [-0.1, -0.05) is 17.9 Å². The smallest absolute Gasteiger partial charge is 0.248 e. The third kappa shape index (κ3) is 2.35. The minimum Gasteiger partial charge on any atom is -0.366 e. The fraction of sp³-hybridized carbons (Fsp3) is 0.182. The maximum Gasteiger partial charge on any atom is 0.248 e. The molecular weight excluding hydrogens is 176 g/mol. The molecule has 14 heavy (non-hydrogen) atoms. The van der Waals surface area contributed by atoms with Gasteiger partial charge in [-0.25, -0.2) is 0 Å². The van der Waals surface area contributed by atoms with Gasteiger partial charge in [-0.15, -0.1) is 0 Å². The lowest BCUT2D eigenvalue weighted by Gasteiger charge is -2.00. The second-order valence-corrected chi connectivity index (χ2v) is 2.90. The van der Waals surface area contributed by atoms with E-state index in [0.29, 0.717) is 12.1 Å². The average Bonchev–Trinajstić information content (AvgIpc) is 2.16. The van der Waals surface area contributed by atoms with Gasteiger partial charge in [0.15, 0.2) is 0 Å². The topological polar surface area (TPSA) is 69.1 Å². The number of benzene rings is 1. The van der Waals surface area contributed by atoms with Crippen molar-refractivity contribution in [3.63, 3.8) is 0 Å². The van der Waals surface area contributed by atoms with Crippen LogP contribution >= 0.6 is 0 Å². The van der Waals surface area contributed by atoms with Gasteiger partial charge in [0.1, 0.15) is 0 Å². The van der Waals surface area contributed by atoms with Crippen molar-refractivity contribution >= 4 is 5.91 Å². The lowest BCUT2D eigenvalue weighted by Crippen LogP contribution is -2.11. The molecule has 0 bridgehead atoms. The number of nitrogens with two attached hydrogens (primary N) is 2. The van der Waals surface area contributed by atoms with E-state index in [9.17, 15) is 4.79 Å². The quantitative estimate of drug-likeness (QED) is 0.626. The zero-order valence-electron chi connectivity index (χ0n) is 8.00. The first-order chi connectivity index (χ1) is 6.65. The normalized spacial score (nSPS) is 9.00. The number of hydrogen-bond acceptors (Lipinski definition) is 2. The average molecular weight is 188 g/mol. The van der Waals surface area contributed by atoms with E-state index >= 15 is 0 Å². The first kappa shape index (κ1) is 10.3. The van der Waals surface area contributed by atoms with Gasteiger partial charge in [0, 0.05) is 11.1 Å². The van der Waals surface area contributed by atoms with Crippen LogP contribution in [0.1, 0.15) is 21.5 Å². The summed E-state index contributed by atoms with van der Waals surface area (Å²) in [5.74, 6) is 5.18. The minimum absolute atomic E-state index is 0.306. The maximum atomic E-state index is 10.9. The first-order valence-corrected chi connectivity index (χ1v) is 4.24. The van der Waals surface area contributed by atoms with Crippen LogP contribution in [0.4, 0.5) is 0 Å². The molecule has 0 aromatic heterocycles. The molecule has 0 aliphatic rings. The summed E-state index contributed by atoms with van der Waals surface area (Å²) < 4.78 is 0. The van der Waals surface area contributed by atoms with Gasteiger partial charge in [0.2, 0.25) is 5.91 Å². The van der Waals surface area contributed by atoms with E-state index in [4.69, 9.17) is 11.5 Å². The van der Waals surface area contributed by atoms with E-state index in [2.05, 4.69) is 11.8 Å². The van der Waals surface area contributed by atoms with Crippen LogP contribution in [0, 0.1) is 18.8 Å². The van der Waals surface area contributed by atoms with Gasteiger partial charge < -0.3 is 11.5 Å². The highest BCUT2D eigenvalue weighted by Crippen LogP contribution is 2.09. The molecule has 1 aromatic rings. The highest BCUT2D eigenvalue weighted by Gasteiger charge is 2.02. The van der Waals surface area contributed by atoms with Crippen molar-refractivity contribution < 1.29 is 4.79 Å². The Morgan fingerprint density at radius 1 is 1.50 bits per heavy atom. The molecule has 3 heteroatoms. The van der Waals surface area contributed by atoms with Crippen LogP contribution < -0.4 is 11.5 Å². The van der Waals surface area contributed by atoms with Crippen LogP contribution in [-0.4, -0.2) is 12.5 Å². The summed E-state index contributed by atoms with van der Waals surface area (Å²) in [6.45, 7) is 2.23. The Morgan fingerprint density at radius 2 is 2.21 bits per heavy atom. The number of hydrogen-bond donors (Lipinski definition) is 2. The second-order valence-electron chi connectivity index (χ2n) is 2.90. The number of amides is 1. The first-order valence-electron chi connectivity index (χ1n) is 4.24. The van der Waals surface area contributed by atoms with Crippen molar-refractivity contribution in [1.29, 1.82) is 0 Å². The number of carbonyl (C=O) groups is 1. The second kappa shape index (κ2) is 4.45. The van der Waals surface area contributed by atoms with Crippen LogP contribution in [0.15, 0.2) is 18.2 Å². The van der Waals surface area contributed by atoms with E-state index in [0.717, 1.165) is 11.1 Å². The molecule has 72 valence electrons. The maximum absolute atomic E-state index is 10.9. The Bertz CT molecular complexity index is 413. The van der Waals surface area contributed by atoms with Gasteiger partial charge in [-0.05, 0) is 24.6 Å². The van der Waals surface area contributed by atoms with E-state index in [-0.39, 0.29) is 0 Å². The number of rotatable bonds is 1. The zero-order chi connectivity index (χ0) is 10.6. The van der Waals surface area contributed by atoms with Crippen LogP contribution in [0.5, 0.6) is 0 Å². The highest BCUT2D eigenvalue weighted by molar-refractivity contribution is 5.93. The molecule has 0 aliphatic heterocycles. The van der Waals surface area contributed by atoms with Crippen molar-refractivity contribution in [2.75, 3.05) is 6.54 Å². The molecule has 0 atom stereocenters. The predicted molar refractivity (Wildman–Crippen MR) is 55.6 cm³/mol. The van der Waals surface area contributed by atoms with Crippen molar-refractivity contribution in [2.45, 2.75) is 6.92 Å². The molecule has 4 N–H and O–H groups in total. The number of aryl methyl sites for hydroxylation is 1. The fourth-order valence-corrected chi connectivity index (χ4v) is 1.06. The standard InChI is InChI=1S/C11H12N2O/c1-8-4-5-10(11(13)14)7-9(8)3-2-6-12/h4-5,7H,6,12H2,1H3,(H2,13,14). The predicted octanol–water partition coefficient (Wildman–Crippen LogP) is 0.404. The van der Waals surface area contributed by atoms with Crippen molar-refractivity contribution in [2.24, 2.45) is 11.5 Å². The third-order valence-corrected chi connectivity index (χ3v) is 1.85. The van der Waals surface area contributed by atoms with Crippen molar-refractivity contribution in [3.8, 4) is 11.8 Å². The number of primary amides is 1. The summed E-state index contributed by atoms with van der Waals surface area (Å²) in [6, 6.07) is 5.19. The monoisotopic (exact) mass is 188 g/mol. The minimum atomic E-state index is -0.444. The van der Waals surface area contributed by atoms with Crippen molar-refractivity contribution in [1.82, 2.24) is 0 Å². The molecule has 0 saturated carbocycles. The summed E-state index contributed by atoms with van der Waals surface area (Å²) in [5.41, 5.74) is 12.7. The Hall–Kier alpha value is -1.79. The van der Waals surface area contributed by atoms with E-state index < -0.39 is 5.91 Å². The molecule has 1 amide bonds. The molecule has 0 spiro atoms. The Morgan fingerprint density at radius 3 is 2.79 bits per heavy atom. The van der Waals surface area contributed by atoms with Crippen LogP contribution in [-0.2, 0) is 0 Å². The van der Waals surface area contributed by atoms with E-state index in [1.54, 1.807) is 12.1 Å². The molecular formula is C11H12N2O. The molecule has 0 aliphatic carbocycles. The Kier molecular flexibility index (Phi) is 3.27. The molecule has 0 saturated heterocycles. The zero-order valence-corrected chi connectivity index (χ0v) is 8.00. The molecule has 3 nitrogen and oxygen atoms in total. The third-order valence-electron chi connectivity index (χ3n) is 1.85. The summed E-state index contributed by atoms with van der Waals surface area (Å²) >= 11 is 0. The van der Waals surface area contributed by atoms with Gasteiger partial charge >= 0.3 is 0 Å². The lowest BCUT2D eigenvalue weighted by molar-refractivity contribution is 0.100. The number of carbonyl (C=O) groups excluding carboxylic acids is 1. The van der Waals surface area contributed by atoms with Crippen molar-refractivity contribution in [3.05, 3.63) is 34.9 Å². The van der Waals surface area contributed by atoms with Crippen LogP contribution in [0.25, 0.3) is 0 Å². The van der Waals surface area contributed by atoms with Gasteiger partial charge in [-0.3, -0.25) is 4.79 Å². The summed E-state index contributed by atoms with van der Waals surface area (Å²) in [4.78, 5) is 10.9. The van der Waals surface area contributed by atoms with Crippen LogP contribution in [0.3, 0.4) is 0 Å². The molecule has 1 rings (SSSR count). The molecule has 0 fully saturated rings. The Balaban J connectivity index is 3.14. The molecule has 0 radical (unpaired) electrons. The molecule has 0 unspecified atom stereocenters. The summed E-state index contributed by atoms with van der Waals surface area (Å²) in [5, 5.41) is 0. The molecule has 0 heterocycles. The van der Waals surface area contributed by atoms with Gasteiger partial charge in [0.05, 0.1) is 6.54 Å². The summed E-state index contributed by atoms with van der Waals surface area (Å²) in [7, 11) is 0. The van der Waals surface area contributed by atoms with Crippen LogP contribution in [0.2, 0.25) is 0 Å². The summed E-state index contributed by atoms with van der Waals surface area (Å²) in [6.07, 6.45) is 0. The Labute approximate surface area is 83.1 Å². The van der Waals surface area contributed by atoms with E-state index in [1.165, 1.54) is 0 Å².